The number of nitrogens with one attached hydrogen (secondary N) is 2. The Hall–Kier alpha value is -2.73. The van der Waals surface area contributed by atoms with Gasteiger partial charge in [0.15, 0.2) is 6.73 Å². The first-order valence-electron chi connectivity index (χ1n) is 6.70. The zero-order valence-electron chi connectivity index (χ0n) is 12.3. The van der Waals surface area contributed by atoms with Gasteiger partial charge in [-0.15, -0.1) is 0 Å². The lowest BCUT2D eigenvalue weighted by Gasteiger charge is -2.09. The van der Waals surface area contributed by atoms with E-state index in [0.29, 0.717) is 22.0 Å². The summed E-state index contributed by atoms with van der Waals surface area (Å²) in [4.78, 5) is 23.0. The molecule has 0 aromatic heterocycles. The number of hydrogen-bond donors (Lipinski definition) is 2. The lowest BCUT2D eigenvalue weighted by atomic mass is 10.2. The maximum atomic E-state index is 11.7. The third-order valence-corrected chi connectivity index (χ3v) is 3.10. The van der Waals surface area contributed by atoms with Crippen LogP contribution in [0.2, 0.25) is 5.02 Å². The molecule has 0 aliphatic heterocycles. The lowest BCUT2D eigenvalue weighted by Crippen LogP contribution is -2.32. The Kier molecular flexibility index (Phi) is 5.82. The van der Waals surface area contributed by atoms with Crippen molar-refractivity contribution in [2.24, 2.45) is 0 Å². The maximum absolute atomic E-state index is 11.7. The monoisotopic (exact) mass is 334 g/mol. The normalized spacial score (nSPS) is 9.83. The second kappa shape index (κ2) is 8.05. The van der Waals surface area contributed by atoms with Gasteiger partial charge in [-0.05, 0) is 48.5 Å². The van der Waals surface area contributed by atoms with Crippen molar-refractivity contribution < 1.29 is 19.1 Å². The van der Waals surface area contributed by atoms with E-state index in [1.807, 2.05) is 0 Å². The molecule has 2 amide bonds. The molecule has 0 spiro atoms. The van der Waals surface area contributed by atoms with Crippen molar-refractivity contribution in [3.8, 4) is 5.75 Å². The van der Waals surface area contributed by atoms with Crippen LogP contribution in [0.15, 0.2) is 48.5 Å². The first-order valence-corrected chi connectivity index (χ1v) is 7.08. The van der Waals surface area contributed by atoms with Crippen molar-refractivity contribution in [2.75, 3.05) is 19.2 Å². The van der Waals surface area contributed by atoms with Gasteiger partial charge in [0.1, 0.15) is 5.75 Å². The fraction of sp³-hybridized carbons (Fsp3) is 0.125. The van der Waals surface area contributed by atoms with Crippen molar-refractivity contribution in [3.05, 3.63) is 59.1 Å². The van der Waals surface area contributed by atoms with Crippen molar-refractivity contribution in [2.45, 2.75) is 0 Å². The van der Waals surface area contributed by atoms with E-state index in [0.717, 1.165) is 0 Å². The summed E-state index contributed by atoms with van der Waals surface area (Å²) in [6.07, 6.45) is 0. The molecule has 2 aromatic rings. The van der Waals surface area contributed by atoms with E-state index in [9.17, 15) is 9.59 Å². The van der Waals surface area contributed by atoms with E-state index in [4.69, 9.17) is 16.3 Å². The van der Waals surface area contributed by atoms with E-state index in [-0.39, 0.29) is 6.73 Å². The summed E-state index contributed by atoms with van der Waals surface area (Å²) in [6.45, 7) is 0.00765. The lowest BCUT2D eigenvalue weighted by molar-refractivity contribution is 0.0600. The zero-order chi connectivity index (χ0) is 16.7. The number of anilines is 1. The summed E-state index contributed by atoms with van der Waals surface area (Å²) in [7, 11) is 1.31. The molecule has 0 heterocycles. The van der Waals surface area contributed by atoms with Crippen LogP contribution in [0.1, 0.15) is 10.4 Å². The number of urea groups is 1. The second-order valence-electron chi connectivity index (χ2n) is 4.44. The number of benzene rings is 2. The van der Waals surface area contributed by atoms with Gasteiger partial charge in [-0.2, -0.15) is 0 Å². The predicted octanol–water partition coefficient (Wildman–Crippen LogP) is 3.28. The van der Waals surface area contributed by atoms with Crippen LogP contribution in [0, 0.1) is 0 Å². The number of ether oxygens (including phenoxy) is 2. The molecule has 23 heavy (non-hydrogen) atoms. The Morgan fingerprint density at radius 3 is 2.30 bits per heavy atom. The maximum Gasteiger partial charge on any atom is 0.337 e. The van der Waals surface area contributed by atoms with Crippen LogP contribution in [-0.2, 0) is 4.74 Å². The summed E-state index contributed by atoms with van der Waals surface area (Å²) >= 11 is 5.76. The molecule has 0 saturated carbocycles. The summed E-state index contributed by atoms with van der Waals surface area (Å²) < 4.78 is 9.94. The van der Waals surface area contributed by atoms with Crippen LogP contribution in [0.5, 0.6) is 5.75 Å². The molecule has 0 aliphatic rings. The van der Waals surface area contributed by atoms with Crippen LogP contribution in [0.3, 0.4) is 0 Å². The van der Waals surface area contributed by atoms with E-state index >= 15 is 0 Å². The third-order valence-electron chi connectivity index (χ3n) is 2.85. The quantitative estimate of drug-likeness (QED) is 0.650. The molecular weight excluding hydrogens is 320 g/mol. The van der Waals surface area contributed by atoms with Crippen molar-refractivity contribution in [1.82, 2.24) is 5.32 Å². The number of carbonyl (C=O) groups is 2. The SMILES string of the molecule is COC(=O)c1ccc(NC(=O)NCOc2ccc(Cl)cc2)cc1. The van der Waals surface area contributed by atoms with E-state index < -0.39 is 12.0 Å². The Labute approximate surface area is 138 Å². The molecule has 0 unspecified atom stereocenters. The summed E-state index contributed by atoms with van der Waals surface area (Å²) in [5, 5.41) is 5.77. The van der Waals surface area contributed by atoms with Crippen LogP contribution in [-0.4, -0.2) is 25.8 Å². The predicted molar refractivity (Wildman–Crippen MR) is 86.9 cm³/mol. The topological polar surface area (TPSA) is 76.7 Å². The number of carbonyl (C=O) groups excluding carboxylic acids is 2. The van der Waals surface area contributed by atoms with Gasteiger partial charge in [-0.1, -0.05) is 11.6 Å². The highest BCUT2D eigenvalue weighted by molar-refractivity contribution is 6.30. The largest absolute Gasteiger partial charge is 0.473 e. The number of amides is 2. The van der Waals surface area contributed by atoms with Gasteiger partial charge >= 0.3 is 12.0 Å². The average molecular weight is 335 g/mol. The fourth-order valence-corrected chi connectivity index (χ4v) is 1.82. The Morgan fingerprint density at radius 1 is 1.04 bits per heavy atom. The van der Waals surface area contributed by atoms with Crippen LogP contribution in [0.4, 0.5) is 10.5 Å². The molecule has 0 aliphatic carbocycles. The van der Waals surface area contributed by atoms with Crippen molar-refractivity contribution in [1.29, 1.82) is 0 Å². The van der Waals surface area contributed by atoms with Crippen LogP contribution in [0.25, 0.3) is 0 Å². The van der Waals surface area contributed by atoms with E-state index in [1.54, 1.807) is 48.5 Å². The van der Waals surface area contributed by atoms with Gasteiger partial charge < -0.3 is 20.1 Å². The molecule has 7 heteroatoms. The van der Waals surface area contributed by atoms with E-state index in [1.165, 1.54) is 7.11 Å². The number of hydrogen-bond acceptors (Lipinski definition) is 4. The first-order chi connectivity index (χ1) is 11.1. The number of esters is 1. The molecule has 2 N–H and O–H groups in total. The molecule has 6 nitrogen and oxygen atoms in total. The minimum Gasteiger partial charge on any atom is -0.473 e. The molecule has 0 fully saturated rings. The Balaban J connectivity index is 1.78. The minimum absolute atomic E-state index is 0.00765. The standard InChI is InChI=1S/C16H15ClN2O4/c1-22-15(20)11-2-6-13(7-3-11)19-16(21)18-10-23-14-8-4-12(17)5-9-14/h2-9H,10H2,1H3,(H2,18,19,21). The molecule has 0 atom stereocenters. The number of methoxy groups -OCH3 is 1. The van der Waals surface area contributed by atoms with Gasteiger partial charge in [0, 0.05) is 10.7 Å². The van der Waals surface area contributed by atoms with Gasteiger partial charge in [0.05, 0.1) is 12.7 Å². The zero-order valence-corrected chi connectivity index (χ0v) is 13.1. The average Bonchev–Trinajstić information content (AvgIpc) is 2.56. The van der Waals surface area contributed by atoms with Gasteiger partial charge in [-0.25, -0.2) is 9.59 Å². The van der Waals surface area contributed by atoms with Crippen LogP contribution < -0.4 is 15.4 Å². The molecule has 0 saturated heterocycles. The number of halogens is 1. The van der Waals surface area contributed by atoms with Gasteiger partial charge in [0.2, 0.25) is 0 Å². The third kappa shape index (κ3) is 5.19. The van der Waals surface area contributed by atoms with Crippen LogP contribution >= 0.6 is 11.6 Å². The second-order valence-corrected chi connectivity index (χ2v) is 4.88. The summed E-state index contributed by atoms with van der Waals surface area (Å²) in [5.41, 5.74) is 0.950. The minimum atomic E-state index is -0.433. The van der Waals surface area contributed by atoms with Gasteiger partial charge in [-0.3, -0.25) is 0 Å². The summed E-state index contributed by atoms with van der Waals surface area (Å²) in [6, 6.07) is 12.7. The molecular formula is C16H15ClN2O4. The first kappa shape index (κ1) is 16.6. The Bertz CT molecular complexity index is 671. The molecule has 0 radical (unpaired) electrons. The van der Waals surface area contributed by atoms with Crippen molar-refractivity contribution in [3.63, 3.8) is 0 Å². The molecule has 0 bridgehead atoms. The van der Waals surface area contributed by atoms with Crippen molar-refractivity contribution >= 4 is 29.3 Å². The number of rotatable bonds is 5. The summed E-state index contributed by atoms with van der Waals surface area (Å²) in [5.74, 6) is 0.162. The highest BCUT2D eigenvalue weighted by Crippen LogP contribution is 2.15. The van der Waals surface area contributed by atoms with Gasteiger partial charge in [0.25, 0.3) is 0 Å². The highest BCUT2D eigenvalue weighted by atomic mass is 35.5. The highest BCUT2D eigenvalue weighted by Gasteiger charge is 2.06. The molecule has 2 rings (SSSR count). The Morgan fingerprint density at radius 2 is 1.70 bits per heavy atom. The molecule has 120 valence electrons. The molecule has 2 aromatic carbocycles. The van der Waals surface area contributed by atoms with E-state index in [2.05, 4.69) is 15.4 Å². The smallest absolute Gasteiger partial charge is 0.337 e. The fourth-order valence-electron chi connectivity index (χ4n) is 1.70.